The highest BCUT2D eigenvalue weighted by atomic mass is 32.2. The summed E-state index contributed by atoms with van der Waals surface area (Å²) < 4.78 is 16.3. The van der Waals surface area contributed by atoms with Gasteiger partial charge < -0.3 is 19.5 Å². The third kappa shape index (κ3) is 5.66. The van der Waals surface area contributed by atoms with Crippen molar-refractivity contribution in [3.63, 3.8) is 0 Å². The van der Waals surface area contributed by atoms with E-state index < -0.39 is 11.2 Å². The molecule has 0 fully saturated rings. The number of hydrogen-bond acceptors (Lipinski definition) is 6. The summed E-state index contributed by atoms with van der Waals surface area (Å²) in [6.07, 6.45) is 0.978. The standard InChI is InChI=1S/C21H23NO5S/c1-2-11-25-15-7-9-16(10-8-15)26-12-13-27-20(23)14-19-21(24)22-17-5-3-4-6-18(17)28-19/h3-10,19H,2,11-14H2,1H3,(H,22,24)/t19-/m1/s1. The number of nitrogens with one attached hydrogen (secondary N) is 1. The SMILES string of the molecule is CCCOc1ccc(OCCOC(=O)C[C@H]2Sc3ccccc3NC2=O)cc1. The van der Waals surface area contributed by atoms with Gasteiger partial charge in [0, 0.05) is 4.90 Å². The molecule has 28 heavy (non-hydrogen) atoms. The summed E-state index contributed by atoms with van der Waals surface area (Å²) >= 11 is 1.38. The van der Waals surface area contributed by atoms with Gasteiger partial charge in [0.15, 0.2) is 0 Å². The molecule has 0 saturated heterocycles. The summed E-state index contributed by atoms with van der Waals surface area (Å²) in [4.78, 5) is 25.1. The van der Waals surface area contributed by atoms with Crippen LogP contribution in [0.3, 0.4) is 0 Å². The van der Waals surface area contributed by atoms with Crippen molar-refractivity contribution >= 4 is 29.3 Å². The number of carbonyl (C=O) groups excluding carboxylic acids is 2. The van der Waals surface area contributed by atoms with E-state index >= 15 is 0 Å². The van der Waals surface area contributed by atoms with E-state index in [9.17, 15) is 9.59 Å². The first kappa shape index (κ1) is 20.1. The minimum atomic E-state index is -0.487. The van der Waals surface area contributed by atoms with Gasteiger partial charge in [-0.25, -0.2) is 0 Å². The maximum atomic E-state index is 12.1. The first-order valence-electron chi connectivity index (χ1n) is 9.23. The van der Waals surface area contributed by atoms with E-state index in [0.29, 0.717) is 12.4 Å². The van der Waals surface area contributed by atoms with Gasteiger partial charge in [-0.15, -0.1) is 11.8 Å². The highest BCUT2D eigenvalue weighted by Crippen LogP contribution is 2.36. The van der Waals surface area contributed by atoms with Gasteiger partial charge >= 0.3 is 5.97 Å². The smallest absolute Gasteiger partial charge is 0.307 e. The van der Waals surface area contributed by atoms with Crippen molar-refractivity contribution < 1.29 is 23.8 Å². The molecule has 0 aliphatic carbocycles. The van der Waals surface area contributed by atoms with E-state index in [-0.39, 0.29) is 25.5 Å². The molecule has 1 aliphatic heterocycles. The normalized spacial score (nSPS) is 15.3. The van der Waals surface area contributed by atoms with Crippen LogP contribution in [0, 0.1) is 0 Å². The number of esters is 1. The van der Waals surface area contributed by atoms with Crippen LogP contribution in [0.5, 0.6) is 11.5 Å². The molecule has 0 unspecified atom stereocenters. The Balaban J connectivity index is 1.37. The Hall–Kier alpha value is -2.67. The van der Waals surface area contributed by atoms with Crippen LogP contribution in [0.15, 0.2) is 53.4 Å². The zero-order chi connectivity index (χ0) is 19.8. The summed E-state index contributed by atoms with van der Waals surface area (Å²) in [6, 6.07) is 14.8. The monoisotopic (exact) mass is 401 g/mol. The minimum Gasteiger partial charge on any atom is -0.494 e. The topological polar surface area (TPSA) is 73.9 Å². The van der Waals surface area contributed by atoms with Crippen molar-refractivity contribution in [3.8, 4) is 11.5 Å². The van der Waals surface area contributed by atoms with E-state index in [0.717, 1.165) is 22.8 Å². The zero-order valence-electron chi connectivity index (χ0n) is 15.7. The molecule has 1 aliphatic rings. The molecule has 0 spiro atoms. The summed E-state index contributed by atoms with van der Waals surface area (Å²) in [5, 5.41) is 2.33. The van der Waals surface area contributed by atoms with Crippen molar-refractivity contribution in [1.29, 1.82) is 0 Å². The highest BCUT2D eigenvalue weighted by Gasteiger charge is 2.29. The quantitative estimate of drug-likeness (QED) is 0.507. The van der Waals surface area contributed by atoms with Gasteiger partial charge in [-0.1, -0.05) is 19.1 Å². The maximum absolute atomic E-state index is 12.1. The Bertz CT molecular complexity index is 809. The van der Waals surface area contributed by atoms with Crippen molar-refractivity contribution in [1.82, 2.24) is 0 Å². The van der Waals surface area contributed by atoms with Crippen LogP contribution >= 0.6 is 11.8 Å². The van der Waals surface area contributed by atoms with Crippen molar-refractivity contribution in [3.05, 3.63) is 48.5 Å². The molecule has 1 amide bonds. The zero-order valence-corrected chi connectivity index (χ0v) is 16.5. The second-order valence-electron chi connectivity index (χ2n) is 6.18. The predicted octanol–water partition coefficient (Wildman–Crippen LogP) is 3.90. The molecule has 0 saturated carbocycles. The van der Waals surface area contributed by atoms with E-state index in [1.54, 1.807) is 0 Å². The third-order valence-corrected chi connectivity index (χ3v) is 5.25. The first-order valence-corrected chi connectivity index (χ1v) is 10.1. The van der Waals surface area contributed by atoms with Crippen molar-refractivity contribution in [2.75, 3.05) is 25.1 Å². The minimum absolute atomic E-state index is 0.0221. The molecule has 0 aromatic heterocycles. The molecule has 1 heterocycles. The molecule has 7 heteroatoms. The van der Waals surface area contributed by atoms with Crippen LogP contribution in [0.1, 0.15) is 19.8 Å². The van der Waals surface area contributed by atoms with Gasteiger partial charge in [0.2, 0.25) is 5.91 Å². The average molecular weight is 401 g/mol. The fraction of sp³-hybridized carbons (Fsp3) is 0.333. The third-order valence-electron chi connectivity index (χ3n) is 3.97. The molecular weight excluding hydrogens is 378 g/mol. The number of anilines is 1. The summed E-state index contributed by atoms with van der Waals surface area (Å²) in [6.45, 7) is 3.10. The maximum Gasteiger partial charge on any atom is 0.307 e. The molecule has 1 atom stereocenters. The molecule has 3 rings (SSSR count). The summed E-state index contributed by atoms with van der Waals surface area (Å²) in [5.74, 6) is 0.880. The number of ether oxygens (including phenoxy) is 3. The number of rotatable bonds is 9. The Morgan fingerprint density at radius 3 is 2.39 bits per heavy atom. The molecule has 148 valence electrons. The van der Waals surface area contributed by atoms with E-state index in [1.165, 1.54) is 11.8 Å². The lowest BCUT2D eigenvalue weighted by molar-refractivity contribution is -0.145. The summed E-state index contributed by atoms with van der Waals surface area (Å²) in [7, 11) is 0. The Labute approximate surface area is 168 Å². The Morgan fingerprint density at radius 2 is 1.68 bits per heavy atom. The lowest BCUT2D eigenvalue weighted by Crippen LogP contribution is -2.31. The fourth-order valence-electron chi connectivity index (χ4n) is 2.60. The van der Waals surface area contributed by atoms with Gasteiger partial charge in [-0.3, -0.25) is 9.59 Å². The van der Waals surface area contributed by atoms with E-state index in [2.05, 4.69) is 12.2 Å². The van der Waals surface area contributed by atoms with E-state index in [1.807, 2.05) is 48.5 Å². The largest absolute Gasteiger partial charge is 0.494 e. The van der Waals surface area contributed by atoms with Gasteiger partial charge in [0.25, 0.3) is 0 Å². The van der Waals surface area contributed by atoms with Crippen molar-refractivity contribution in [2.24, 2.45) is 0 Å². The lowest BCUT2D eigenvalue weighted by atomic mass is 10.2. The number of benzene rings is 2. The van der Waals surface area contributed by atoms with Crippen LogP contribution in [0.25, 0.3) is 0 Å². The second-order valence-corrected chi connectivity index (χ2v) is 7.43. The number of amides is 1. The van der Waals surface area contributed by atoms with Crippen LogP contribution in [-0.4, -0.2) is 36.9 Å². The number of fused-ring (bicyclic) bond motifs is 1. The molecular formula is C21H23NO5S. The van der Waals surface area contributed by atoms with Crippen LogP contribution in [0.2, 0.25) is 0 Å². The van der Waals surface area contributed by atoms with E-state index in [4.69, 9.17) is 14.2 Å². The number of para-hydroxylation sites is 1. The highest BCUT2D eigenvalue weighted by molar-refractivity contribution is 8.01. The first-order chi connectivity index (χ1) is 13.7. The number of hydrogen-bond donors (Lipinski definition) is 1. The molecule has 1 N–H and O–H groups in total. The van der Waals surface area contributed by atoms with Crippen LogP contribution in [-0.2, 0) is 14.3 Å². The predicted molar refractivity (Wildman–Crippen MR) is 108 cm³/mol. The number of thioether (sulfide) groups is 1. The molecule has 0 bridgehead atoms. The van der Waals surface area contributed by atoms with Crippen molar-refractivity contribution in [2.45, 2.75) is 29.9 Å². The lowest BCUT2D eigenvalue weighted by Gasteiger charge is -2.23. The number of carbonyl (C=O) groups is 2. The van der Waals surface area contributed by atoms with Crippen LogP contribution in [0.4, 0.5) is 5.69 Å². The second kappa shape index (κ2) is 10.0. The Kier molecular flexibility index (Phi) is 7.19. The fourth-order valence-corrected chi connectivity index (χ4v) is 3.70. The van der Waals surface area contributed by atoms with Gasteiger partial charge in [-0.2, -0.15) is 0 Å². The molecule has 2 aromatic rings. The molecule has 0 radical (unpaired) electrons. The van der Waals surface area contributed by atoms with Gasteiger partial charge in [0.05, 0.1) is 24.0 Å². The van der Waals surface area contributed by atoms with Crippen LogP contribution < -0.4 is 14.8 Å². The van der Waals surface area contributed by atoms with Gasteiger partial charge in [0.1, 0.15) is 24.7 Å². The molecule has 6 nitrogen and oxygen atoms in total. The van der Waals surface area contributed by atoms with Gasteiger partial charge in [-0.05, 0) is 42.8 Å². The molecule has 2 aromatic carbocycles. The average Bonchev–Trinajstić information content (AvgIpc) is 2.71. The Morgan fingerprint density at radius 1 is 1.00 bits per heavy atom. The summed E-state index contributed by atoms with van der Waals surface area (Å²) in [5.41, 5.74) is 0.779.